The molecule has 0 saturated heterocycles. The first-order valence-corrected chi connectivity index (χ1v) is 11.6. The lowest BCUT2D eigenvalue weighted by molar-refractivity contribution is 0.0690. The zero-order chi connectivity index (χ0) is 20.8. The van der Waals surface area contributed by atoms with Gasteiger partial charge in [0.1, 0.15) is 10.6 Å². The zero-order valence-corrected chi connectivity index (χ0v) is 17.9. The molecule has 0 atom stereocenters. The quantitative estimate of drug-likeness (QED) is 0.634. The Morgan fingerprint density at radius 1 is 1.00 bits per heavy atom. The van der Waals surface area contributed by atoms with E-state index in [2.05, 4.69) is 0 Å². The number of carbonyl (C=O) groups is 1. The summed E-state index contributed by atoms with van der Waals surface area (Å²) in [6.45, 7) is 3.58. The van der Waals surface area contributed by atoms with Gasteiger partial charge in [-0.3, -0.25) is 4.79 Å². The second-order valence-corrected chi connectivity index (χ2v) is 9.93. The van der Waals surface area contributed by atoms with Crippen molar-refractivity contribution in [2.75, 3.05) is 7.05 Å². The Morgan fingerprint density at radius 3 is 2.14 bits per heavy atom. The Labute approximate surface area is 172 Å². The molecule has 154 valence electrons. The maximum Gasteiger partial charge on any atom is 0.339 e. The molecule has 2 aromatic rings. The van der Waals surface area contributed by atoms with Crippen molar-refractivity contribution in [3.63, 3.8) is 0 Å². The van der Waals surface area contributed by atoms with E-state index in [1.54, 1.807) is 43.3 Å². The Balaban J connectivity index is 1.49. The summed E-state index contributed by atoms with van der Waals surface area (Å²) in [4.78, 5) is 15.0. The van der Waals surface area contributed by atoms with E-state index in [0.717, 1.165) is 5.56 Å². The number of rotatable bonds is 7. The van der Waals surface area contributed by atoms with Crippen LogP contribution < -0.4 is 4.18 Å². The molecule has 0 bridgehead atoms. The molecule has 1 amide bonds. The third kappa shape index (κ3) is 4.32. The van der Waals surface area contributed by atoms with Crippen LogP contribution in [-0.4, -0.2) is 32.3 Å². The summed E-state index contributed by atoms with van der Waals surface area (Å²) in [6.07, 6.45) is 4.84. The van der Waals surface area contributed by atoms with E-state index >= 15 is 0 Å². The van der Waals surface area contributed by atoms with Gasteiger partial charge < -0.3 is 9.08 Å². The predicted molar refractivity (Wildman–Crippen MR) is 112 cm³/mol. The smallest absolute Gasteiger partial charge is 0.339 e. The van der Waals surface area contributed by atoms with E-state index < -0.39 is 10.1 Å². The molecule has 0 radical (unpaired) electrons. The summed E-state index contributed by atoms with van der Waals surface area (Å²) in [7, 11) is -2.04. The molecule has 2 aromatic carbocycles. The van der Waals surface area contributed by atoms with Crippen molar-refractivity contribution < 1.29 is 17.4 Å². The first-order valence-electron chi connectivity index (χ1n) is 10.2. The minimum atomic E-state index is -3.93. The zero-order valence-electron chi connectivity index (χ0n) is 17.1. The van der Waals surface area contributed by atoms with E-state index in [9.17, 15) is 13.2 Å². The third-order valence-electron chi connectivity index (χ3n) is 5.90. The summed E-state index contributed by atoms with van der Waals surface area (Å²) in [5.41, 5.74) is 2.04. The van der Waals surface area contributed by atoms with Crippen LogP contribution in [0.1, 0.15) is 47.2 Å². The third-order valence-corrected chi connectivity index (χ3v) is 7.29. The summed E-state index contributed by atoms with van der Waals surface area (Å²) >= 11 is 0. The van der Waals surface area contributed by atoms with Crippen LogP contribution in [0.2, 0.25) is 0 Å². The van der Waals surface area contributed by atoms with Crippen LogP contribution in [0.4, 0.5) is 0 Å². The molecule has 0 heterocycles. The molecule has 4 rings (SSSR count). The first kappa shape index (κ1) is 20.0. The van der Waals surface area contributed by atoms with E-state index in [0.29, 0.717) is 29.0 Å². The molecule has 0 aliphatic heterocycles. The van der Waals surface area contributed by atoms with Crippen molar-refractivity contribution in [1.29, 1.82) is 0 Å². The molecule has 29 heavy (non-hydrogen) atoms. The summed E-state index contributed by atoms with van der Waals surface area (Å²) in [5.74, 6) is 1.47. The fraction of sp³-hybridized carbons (Fsp3) is 0.435. The summed E-state index contributed by atoms with van der Waals surface area (Å²) < 4.78 is 30.6. The fourth-order valence-electron chi connectivity index (χ4n) is 4.03. The molecule has 2 aliphatic carbocycles. The minimum absolute atomic E-state index is 0.0160. The molecule has 6 heteroatoms. The van der Waals surface area contributed by atoms with Gasteiger partial charge in [0, 0.05) is 18.7 Å². The highest BCUT2D eigenvalue weighted by Gasteiger charge is 2.45. The molecule has 2 fully saturated rings. The van der Waals surface area contributed by atoms with Crippen LogP contribution in [0.5, 0.6) is 5.75 Å². The molecular weight excluding hydrogens is 386 g/mol. The predicted octanol–water partition coefficient (Wildman–Crippen LogP) is 4.33. The average molecular weight is 414 g/mol. The van der Waals surface area contributed by atoms with Gasteiger partial charge in [-0.05, 0) is 92.8 Å². The van der Waals surface area contributed by atoms with Crippen LogP contribution in [0.25, 0.3) is 0 Å². The second-order valence-electron chi connectivity index (χ2n) is 8.41. The van der Waals surface area contributed by atoms with Crippen molar-refractivity contribution in [3.8, 4) is 5.75 Å². The molecule has 5 nitrogen and oxygen atoms in total. The van der Waals surface area contributed by atoms with Gasteiger partial charge in [-0.2, -0.15) is 8.42 Å². The lowest BCUT2D eigenvalue weighted by Gasteiger charge is -2.28. The maximum absolute atomic E-state index is 12.9. The normalized spacial score (nSPS) is 16.7. The van der Waals surface area contributed by atoms with Crippen LogP contribution >= 0.6 is 0 Å². The van der Waals surface area contributed by atoms with E-state index in [4.69, 9.17) is 4.18 Å². The highest BCUT2D eigenvalue weighted by Crippen LogP contribution is 2.47. The van der Waals surface area contributed by atoms with Crippen molar-refractivity contribution in [2.45, 2.75) is 50.5 Å². The largest absolute Gasteiger partial charge is 0.379 e. The Kier molecular flexibility index (Phi) is 5.15. The van der Waals surface area contributed by atoms with Gasteiger partial charge in [-0.15, -0.1) is 0 Å². The van der Waals surface area contributed by atoms with Crippen molar-refractivity contribution in [1.82, 2.24) is 4.90 Å². The standard InChI is InChI=1S/C23H27NO4S/c1-15-4-5-16(2)21(14-15)29(26,27)28-20-12-10-19(11-13-20)23(25)24(3)22(17-6-7-17)18-8-9-18/h4-5,10-14,17-18,22H,6-9H2,1-3H3. The maximum atomic E-state index is 12.9. The van der Waals surface area contributed by atoms with Crippen molar-refractivity contribution in [3.05, 3.63) is 59.2 Å². The Bertz CT molecular complexity index is 1010. The minimum Gasteiger partial charge on any atom is -0.379 e. The van der Waals surface area contributed by atoms with Gasteiger partial charge >= 0.3 is 10.1 Å². The Morgan fingerprint density at radius 2 is 1.59 bits per heavy atom. The van der Waals surface area contributed by atoms with Gasteiger partial charge in [0.25, 0.3) is 5.91 Å². The number of hydrogen-bond acceptors (Lipinski definition) is 4. The Hall–Kier alpha value is -2.34. The number of aryl methyl sites for hydroxylation is 2. The van der Waals surface area contributed by atoms with E-state index in [1.165, 1.54) is 25.7 Å². The monoisotopic (exact) mass is 413 g/mol. The molecule has 0 N–H and O–H groups in total. The van der Waals surface area contributed by atoms with Gasteiger partial charge in [-0.25, -0.2) is 0 Å². The molecule has 2 aliphatic rings. The molecule has 0 unspecified atom stereocenters. The number of hydrogen-bond donors (Lipinski definition) is 0. The molecule has 0 aromatic heterocycles. The molecular formula is C23H27NO4S. The summed E-state index contributed by atoms with van der Waals surface area (Å²) in [6, 6.07) is 11.9. The highest BCUT2D eigenvalue weighted by molar-refractivity contribution is 7.87. The highest BCUT2D eigenvalue weighted by atomic mass is 32.2. The topological polar surface area (TPSA) is 63.7 Å². The number of amides is 1. The van der Waals surface area contributed by atoms with Crippen molar-refractivity contribution in [2.24, 2.45) is 11.8 Å². The van der Waals surface area contributed by atoms with Crippen LogP contribution in [-0.2, 0) is 10.1 Å². The lowest BCUT2D eigenvalue weighted by atomic mass is 10.0. The van der Waals surface area contributed by atoms with E-state index in [1.807, 2.05) is 24.9 Å². The molecule has 2 saturated carbocycles. The van der Waals surface area contributed by atoms with Gasteiger partial charge in [0.05, 0.1) is 0 Å². The van der Waals surface area contributed by atoms with E-state index in [-0.39, 0.29) is 16.6 Å². The van der Waals surface area contributed by atoms with Crippen LogP contribution in [0.3, 0.4) is 0 Å². The number of nitrogens with zero attached hydrogens (tertiary/aromatic N) is 1. The number of benzene rings is 2. The first-order chi connectivity index (χ1) is 13.8. The van der Waals surface area contributed by atoms with Gasteiger partial charge in [0.2, 0.25) is 0 Å². The molecule has 0 spiro atoms. The fourth-order valence-corrected chi connectivity index (χ4v) is 5.28. The SMILES string of the molecule is Cc1ccc(C)c(S(=O)(=O)Oc2ccc(C(=O)N(C)C(C3CC3)C3CC3)cc2)c1. The van der Waals surface area contributed by atoms with Crippen molar-refractivity contribution >= 4 is 16.0 Å². The van der Waals surface area contributed by atoms with Crippen LogP contribution in [0, 0.1) is 25.7 Å². The van der Waals surface area contributed by atoms with Gasteiger partial charge in [0.15, 0.2) is 0 Å². The van der Waals surface area contributed by atoms with Crippen LogP contribution in [0.15, 0.2) is 47.4 Å². The van der Waals surface area contributed by atoms with Gasteiger partial charge in [-0.1, -0.05) is 12.1 Å². The average Bonchev–Trinajstić information content (AvgIpc) is 3.58. The second kappa shape index (κ2) is 7.48. The summed E-state index contributed by atoms with van der Waals surface area (Å²) in [5, 5.41) is 0. The lowest BCUT2D eigenvalue weighted by Crippen LogP contribution is -2.40. The number of carbonyl (C=O) groups excluding carboxylic acids is 1.